The Morgan fingerprint density at radius 3 is 2.50 bits per heavy atom. The number of esters is 1. The van der Waals surface area contributed by atoms with E-state index in [0.717, 1.165) is 6.07 Å². The number of methoxy groups -OCH3 is 2. The van der Waals surface area contributed by atoms with Gasteiger partial charge in [-0.3, -0.25) is 4.79 Å². The fraction of sp³-hybridized carbons (Fsp3) is 0.176. The molecule has 0 radical (unpaired) electrons. The monoisotopic (exact) mass is 351 g/mol. The molecule has 126 valence electrons. The number of nitrogens with one attached hydrogen (secondary N) is 1. The first kappa shape index (κ1) is 17.7. The third-order valence-electron chi connectivity index (χ3n) is 3.30. The van der Waals surface area contributed by atoms with Crippen molar-refractivity contribution in [3.05, 3.63) is 63.9 Å². The van der Waals surface area contributed by atoms with Crippen LogP contribution in [0.2, 0.25) is 5.02 Å². The van der Waals surface area contributed by atoms with Crippen molar-refractivity contribution < 1.29 is 23.5 Å². The second-order valence-electron chi connectivity index (χ2n) is 4.83. The van der Waals surface area contributed by atoms with Crippen molar-refractivity contribution in [2.75, 3.05) is 14.2 Å². The molecule has 0 unspecified atom stereocenters. The number of carbonyl (C=O) groups is 2. The van der Waals surface area contributed by atoms with E-state index in [9.17, 15) is 14.0 Å². The SMILES string of the molecule is COC(=O)c1cc(CNC(=O)c2ccc(Cl)cc2F)ccc1OC. The maximum atomic E-state index is 13.7. The van der Waals surface area contributed by atoms with Gasteiger partial charge in [-0.2, -0.15) is 0 Å². The summed E-state index contributed by atoms with van der Waals surface area (Å²) < 4.78 is 23.5. The average molecular weight is 352 g/mol. The topological polar surface area (TPSA) is 64.6 Å². The van der Waals surface area contributed by atoms with E-state index in [4.69, 9.17) is 16.3 Å². The highest BCUT2D eigenvalue weighted by Crippen LogP contribution is 2.21. The lowest BCUT2D eigenvalue weighted by Crippen LogP contribution is -2.24. The molecule has 24 heavy (non-hydrogen) atoms. The van der Waals surface area contributed by atoms with Crippen LogP contribution in [0.25, 0.3) is 0 Å². The highest BCUT2D eigenvalue weighted by molar-refractivity contribution is 6.30. The predicted octanol–water partition coefficient (Wildman–Crippen LogP) is 3.20. The van der Waals surface area contributed by atoms with Gasteiger partial charge >= 0.3 is 5.97 Å². The number of hydrogen-bond acceptors (Lipinski definition) is 4. The molecule has 0 heterocycles. The largest absolute Gasteiger partial charge is 0.496 e. The van der Waals surface area contributed by atoms with E-state index in [-0.39, 0.29) is 22.7 Å². The zero-order valence-corrected chi connectivity index (χ0v) is 13.8. The van der Waals surface area contributed by atoms with Crippen LogP contribution in [0.4, 0.5) is 4.39 Å². The van der Waals surface area contributed by atoms with Crippen LogP contribution in [-0.2, 0) is 11.3 Å². The first-order valence-corrected chi connectivity index (χ1v) is 7.32. The highest BCUT2D eigenvalue weighted by atomic mass is 35.5. The lowest BCUT2D eigenvalue weighted by atomic mass is 10.1. The van der Waals surface area contributed by atoms with E-state index in [1.54, 1.807) is 18.2 Å². The molecule has 0 spiro atoms. The molecular weight excluding hydrogens is 337 g/mol. The number of ether oxygens (including phenoxy) is 2. The highest BCUT2D eigenvalue weighted by Gasteiger charge is 2.15. The van der Waals surface area contributed by atoms with Crippen LogP contribution in [-0.4, -0.2) is 26.1 Å². The van der Waals surface area contributed by atoms with Crippen LogP contribution in [0.3, 0.4) is 0 Å². The van der Waals surface area contributed by atoms with E-state index in [1.165, 1.54) is 26.4 Å². The van der Waals surface area contributed by atoms with E-state index in [1.807, 2.05) is 0 Å². The van der Waals surface area contributed by atoms with Crippen molar-refractivity contribution in [2.45, 2.75) is 6.54 Å². The van der Waals surface area contributed by atoms with Crippen molar-refractivity contribution in [1.82, 2.24) is 5.32 Å². The van der Waals surface area contributed by atoms with Crippen LogP contribution >= 0.6 is 11.6 Å². The van der Waals surface area contributed by atoms with Crippen LogP contribution < -0.4 is 10.1 Å². The third-order valence-corrected chi connectivity index (χ3v) is 3.53. The molecule has 2 rings (SSSR count). The van der Waals surface area contributed by atoms with Crippen LogP contribution in [0, 0.1) is 5.82 Å². The summed E-state index contributed by atoms with van der Waals surface area (Å²) in [4.78, 5) is 23.8. The Morgan fingerprint density at radius 1 is 1.12 bits per heavy atom. The van der Waals surface area contributed by atoms with Gasteiger partial charge in [-0.15, -0.1) is 0 Å². The molecule has 0 aliphatic heterocycles. The molecule has 7 heteroatoms. The quantitative estimate of drug-likeness (QED) is 0.840. The van der Waals surface area contributed by atoms with Gasteiger partial charge in [-0.05, 0) is 35.9 Å². The number of carbonyl (C=O) groups excluding carboxylic acids is 2. The van der Waals surface area contributed by atoms with Crippen LogP contribution in [0.5, 0.6) is 5.75 Å². The van der Waals surface area contributed by atoms with E-state index >= 15 is 0 Å². The van der Waals surface area contributed by atoms with Crippen molar-refractivity contribution in [1.29, 1.82) is 0 Å². The Morgan fingerprint density at radius 2 is 1.88 bits per heavy atom. The van der Waals surface area contributed by atoms with Crippen molar-refractivity contribution >= 4 is 23.5 Å². The van der Waals surface area contributed by atoms with Crippen LogP contribution in [0.1, 0.15) is 26.3 Å². The Bertz CT molecular complexity index is 779. The number of benzene rings is 2. The Kier molecular flexibility index (Phi) is 5.76. The molecular formula is C17H15ClFNO4. The van der Waals surface area contributed by atoms with Gasteiger partial charge in [0.05, 0.1) is 19.8 Å². The van der Waals surface area contributed by atoms with Gasteiger partial charge < -0.3 is 14.8 Å². The van der Waals surface area contributed by atoms with E-state index < -0.39 is 17.7 Å². The minimum absolute atomic E-state index is 0.106. The molecule has 0 saturated carbocycles. The molecule has 0 aromatic heterocycles. The molecule has 0 saturated heterocycles. The molecule has 2 aromatic carbocycles. The fourth-order valence-corrected chi connectivity index (χ4v) is 2.24. The van der Waals surface area contributed by atoms with Gasteiger partial charge in [0.1, 0.15) is 17.1 Å². The average Bonchev–Trinajstić information content (AvgIpc) is 2.58. The van der Waals surface area contributed by atoms with Gasteiger partial charge in [0.25, 0.3) is 5.91 Å². The summed E-state index contributed by atoms with van der Waals surface area (Å²) in [5, 5.41) is 2.79. The summed E-state index contributed by atoms with van der Waals surface area (Å²) in [5.74, 6) is -1.48. The first-order valence-electron chi connectivity index (χ1n) is 6.94. The molecule has 5 nitrogen and oxygen atoms in total. The zero-order valence-electron chi connectivity index (χ0n) is 13.1. The second kappa shape index (κ2) is 7.79. The summed E-state index contributed by atoms with van der Waals surface area (Å²) in [6, 6.07) is 8.63. The van der Waals surface area contributed by atoms with Gasteiger partial charge in [-0.25, -0.2) is 9.18 Å². The maximum absolute atomic E-state index is 13.7. The Balaban J connectivity index is 2.14. The van der Waals surface area contributed by atoms with Crippen molar-refractivity contribution in [3.8, 4) is 5.75 Å². The van der Waals surface area contributed by atoms with Crippen LogP contribution in [0.15, 0.2) is 36.4 Å². The molecule has 1 amide bonds. The van der Waals surface area contributed by atoms with Gasteiger partial charge in [-0.1, -0.05) is 17.7 Å². The molecule has 0 fully saturated rings. The number of amides is 1. The number of halogens is 2. The third kappa shape index (κ3) is 4.02. The minimum Gasteiger partial charge on any atom is -0.496 e. The summed E-state index contributed by atoms with van der Waals surface area (Å²) >= 11 is 5.66. The Hall–Kier alpha value is -2.60. The summed E-state index contributed by atoms with van der Waals surface area (Å²) in [5.41, 5.74) is 0.768. The van der Waals surface area contributed by atoms with E-state index in [2.05, 4.69) is 10.1 Å². The van der Waals surface area contributed by atoms with Crippen molar-refractivity contribution in [3.63, 3.8) is 0 Å². The van der Waals surface area contributed by atoms with E-state index in [0.29, 0.717) is 11.3 Å². The Labute approximate surface area is 143 Å². The summed E-state index contributed by atoms with van der Waals surface area (Å²) in [7, 11) is 2.70. The summed E-state index contributed by atoms with van der Waals surface area (Å²) in [6.45, 7) is 0.106. The lowest BCUT2D eigenvalue weighted by molar-refractivity contribution is 0.0597. The molecule has 1 N–H and O–H groups in total. The lowest BCUT2D eigenvalue weighted by Gasteiger charge is -2.10. The first-order chi connectivity index (χ1) is 11.5. The molecule has 2 aromatic rings. The minimum atomic E-state index is -0.704. The zero-order chi connectivity index (χ0) is 17.7. The molecule has 0 aliphatic carbocycles. The normalized spacial score (nSPS) is 10.2. The number of rotatable bonds is 5. The fourth-order valence-electron chi connectivity index (χ4n) is 2.09. The molecule has 0 atom stereocenters. The second-order valence-corrected chi connectivity index (χ2v) is 5.27. The molecule has 0 aliphatic rings. The van der Waals surface area contributed by atoms with Crippen molar-refractivity contribution in [2.24, 2.45) is 0 Å². The smallest absolute Gasteiger partial charge is 0.341 e. The molecule has 0 bridgehead atoms. The van der Waals surface area contributed by atoms with Gasteiger partial charge in [0, 0.05) is 11.6 Å². The van der Waals surface area contributed by atoms with Gasteiger partial charge in [0.2, 0.25) is 0 Å². The van der Waals surface area contributed by atoms with Gasteiger partial charge in [0.15, 0.2) is 0 Å². The summed E-state index contributed by atoms with van der Waals surface area (Å²) in [6.07, 6.45) is 0. The predicted molar refractivity (Wildman–Crippen MR) is 86.9 cm³/mol. The maximum Gasteiger partial charge on any atom is 0.341 e. The standard InChI is InChI=1S/C17H15ClFNO4/c1-23-15-6-3-10(7-13(15)17(22)24-2)9-20-16(21)12-5-4-11(18)8-14(12)19/h3-8H,9H2,1-2H3,(H,20,21). The number of hydrogen-bond donors (Lipinski definition) is 1.